The average Bonchev–Trinajstić information content (AvgIpc) is 3.78. The Bertz CT molecular complexity index is 1370. The number of halogens is 6. The lowest BCUT2D eigenvalue weighted by Crippen LogP contribution is -2.22. The molecule has 0 spiro atoms. The van der Waals surface area contributed by atoms with E-state index >= 15 is 0 Å². The van der Waals surface area contributed by atoms with Gasteiger partial charge in [-0.25, -0.2) is 26.3 Å². The largest absolute Gasteiger partial charge is 0.388 e. The predicted molar refractivity (Wildman–Crippen MR) is 132 cm³/mol. The molecule has 0 bridgehead atoms. The number of benzene rings is 3. The van der Waals surface area contributed by atoms with Crippen molar-refractivity contribution in [3.05, 3.63) is 93.6 Å². The first-order valence-corrected chi connectivity index (χ1v) is 13.0. The molecule has 9 heteroatoms. The Morgan fingerprint density at radius 2 is 1.36 bits per heavy atom. The van der Waals surface area contributed by atoms with E-state index in [1.54, 1.807) is 6.92 Å². The van der Waals surface area contributed by atoms with Gasteiger partial charge in [0.05, 0.1) is 25.4 Å². The molecule has 0 amide bonds. The highest BCUT2D eigenvalue weighted by atomic mass is 19.2. The average molecular weight is 551 g/mol. The van der Waals surface area contributed by atoms with Crippen molar-refractivity contribution < 1.29 is 40.9 Å². The minimum Gasteiger partial charge on any atom is -0.388 e. The van der Waals surface area contributed by atoms with Crippen LogP contribution in [-0.4, -0.2) is 17.8 Å². The molecule has 39 heavy (non-hydrogen) atoms. The second-order valence-electron chi connectivity index (χ2n) is 10.1. The summed E-state index contributed by atoms with van der Waals surface area (Å²) in [7, 11) is 0. The Morgan fingerprint density at radius 3 is 2.00 bits per heavy atom. The normalized spacial score (nSPS) is 21.7. The highest BCUT2D eigenvalue weighted by molar-refractivity contribution is 5.66. The smallest absolute Gasteiger partial charge is 0.167 e. The van der Waals surface area contributed by atoms with E-state index in [2.05, 4.69) is 0 Å². The van der Waals surface area contributed by atoms with Crippen molar-refractivity contribution in [1.29, 1.82) is 0 Å². The van der Waals surface area contributed by atoms with E-state index in [1.165, 1.54) is 36.4 Å². The molecule has 1 N–H and O–H groups in total. The molecule has 3 aromatic carbocycles. The minimum atomic E-state index is -1.30. The van der Waals surface area contributed by atoms with Crippen LogP contribution in [0.5, 0.6) is 0 Å². The molecule has 1 aliphatic carbocycles. The second-order valence-corrected chi connectivity index (χ2v) is 10.1. The maximum atomic E-state index is 14.9. The third-order valence-corrected chi connectivity index (χ3v) is 7.72. The minimum absolute atomic E-state index is 0.0389. The highest BCUT2D eigenvalue weighted by Crippen LogP contribution is 2.39. The Hall–Kier alpha value is -2.88. The van der Waals surface area contributed by atoms with Crippen molar-refractivity contribution in [2.24, 2.45) is 0 Å². The Morgan fingerprint density at radius 1 is 0.769 bits per heavy atom. The fraction of sp³-hybridized carbons (Fsp3) is 0.400. The summed E-state index contributed by atoms with van der Waals surface area (Å²) in [4.78, 5) is 0. The van der Waals surface area contributed by atoms with E-state index < -0.39 is 52.7 Å². The van der Waals surface area contributed by atoms with Crippen molar-refractivity contribution in [3.63, 3.8) is 0 Å². The van der Waals surface area contributed by atoms with Crippen LogP contribution in [0.3, 0.4) is 0 Å². The van der Waals surface area contributed by atoms with Crippen molar-refractivity contribution in [2.45, 2.75) is 69.9 Å². The zero-order chi connectivity index (χ0) is 27.8. The number of aliphatic hydroxyl groups excluding tert-OH is 1. The van der Waals surface area contributed by atoms with E-state index in [0.717, 1.165) is 0 Å². The Kier molecular flexibility index (Phi) is 8.03. The molecule has 1 saturated heterocycles. The number of rotatable bonds is 8. The number of aliphatic hydroxyl groups is 1. The molecule has 0 aromatic heterocycles. The fourth-order valence-electron chi connectivity index (χ4n) is 5.28. The van der Waals surface area contributed by atoms with Crippen LogP contribution in [0, 0.1) is 34.9 Å². The maximum absolute atomic E-state index is 14.9. The van der Waals surface area contributed by atoms with Gasteiger partial charge in [-0.2, -0.15) is 0 Å². The SMILES string of the molecule is CCC(O)c1ccc(C2CCC(OCc3ccc(-c4ccc(C5CO5)c(F)c4F)c(F)c3F)CC2)c(F)c1F. The van der Waals surface area contributed by atoms with Crippen LogP contribution in [-0.2, 0) is 16.1 Å². The van der Waals surface area contributed by atoms with Crippen LogP contribution >= 0.6 is 0 Å². The summed E-state index contributed by atoms with van der Waals surface area (Å²) in [6.45, 7) is 1.72. The Labute approximate surface area is 222 Å². The quantitative estimate of drug-likeness (QED) is 0.229. The molecular weight excluding hydrogens is 522 g/mol. The lowest BCUT2D eigenvalue weighted by Gasteiger charge is -2.29. The topological polar surface area (TPSA) is 42.0 Å². The summed E-state index contributed by atoms with van der Waals surface area (Å²) in [5, 5.41) is 9.88. The number of ether oxygens (including phenoxy) is 2. The monoisotopic (exact) mass is 550 g/mol. The van der Waals surface area contributed by atoms with E-state index in [-0.39, 0.29) is 59.5 Å². The molecule has 2 atom stereocenters. The standard InChI is InChI=1S/C30H28F6O3/c1-2-23(37)21-11-9-18(26(32)29(21)35)15-3-6-17(7-4-15)38-13-16-5-8-19(27(33)25(16)31)20-10-12-22(24-14-39-24)30(36)28(20)34/h5,8-12,15,17,23-24,37H,2-4,6-7,13-14H2,1H3. The molecule has 1 saturated carbocycles. The third kappa shape index (κ3) is 5.44. The molecular formula is C30H28F6O3. The van der Waals surface area contributed by atoms with Gasteiger partial charge < -0.3 is 14.6 Å². The summed E-state index contributed by atoms with van der Waals surface area (Å²) in [5.41, 5.74) is -0.627. The van der Waals surface area contributed by atoms with Crippen LogP contribution in [0.25, 0.3) is 11.1 Å². The molecule has 208 valence electrons. The Balaban J connectivity index is 1.22. The van der Waals surface area contributed by atoms with Crippen LogP contribution < -0.4 is 0 Å². The summed E-state index contributed by atoms with van der Waals surface area (Å²) in [5.74, 6) is -7.13. The van der Waals surface area contributed by atoms with Gasteiger partial charge in [-0.15, -0.1) is 0 Å². The summed E-state index contributed by atoms with van der Waals surface area (Å²) < 4.78 is 98.7. The number of hydrogen-bond acceptors (Lipinski definition) is 3. The van der Waals surface area contributed by atoms with E-state index in [9.17, 15) is 31.4 Å². The van der Waals surface area contributed by atoms with Crippen LogP contribution in [0.15, 0.2) is 36.4 Å². The van der Waals surface area contributed by atoms with E-state index in [0.29, 0.717) is 25.7 Å². The molecule has 3 aromatic rings. The molecule has 2 fully saturated rings. The molecule has 5 rings (SSSR count). The molecule has 2 unspecified atom stereocenters. The van der Waals surface area contributed by atoms with Gasteiger partial charge in [0, 0.05) is 27.8 Å². The van der Waals surface area contributed by atoms with Gasteiger partial charge in [-0.3, -0.25) is 0 Å². The summed E-state index contributed by atoms with van der Waals surface area (Å²) >= 11 is 0. The predicted octanol–water partition coefficient (Wildman–Crippen LogP) is 7.95. The van der Waals surface area contributed by atoms with E-state index in [1.807, 2.05) is 0 Å². The fourth-order valence-corrected chi connectivity index (χ4v) is 5.28. The third-order valence-electron chi connectivity index (χ3n) is 7.72. The first-order valence-electron chi connectivity index (χ1n) is 13.0. The van der Waals surface area contributed by atoms with Gasteiger partial charge in [0.25, 0.3) is 0 Å². The van der Waals surface area contributed by atoms with Crippen molar-refractivity contribution in [1.82, 2.24) is 0 Å². The van der Waals surface area contributed by atoms with Gasteiger partial charge in [-0.05, 0) is 43.6 Å². The van der Waals surface area contributed by atoms with Crippen molar-refractivity contribution >= 4 is 0 Å². The highest BCUT2D eigenvalue weighted by Gasteiger charge is 2.31. The molecule has 1 aliphatic heterocycles. The van der Waals surface area contributed by atoms with E-state index in [4.69, 9.17) is 9.47 Å². The first-order chi connectivity index (χ1) is 18.7. The molecule has 3 nitrogen and oxygen atoms in total. The summed E-state index contributed by atoms with van der Waals surface area (Å²) in [6, 6.07) is 7.91. The molecule has 2 aliphatic rings. The van der Waals surface area contributed by atoms with Crippen LogP contribution in [0.2, 0.25) is 0 Å². The van der Waals surface area contributed by atoms with Gasteiger partial charge in [0.15, 0.2) is 34.9 Å². The van der Waals surface area contributed by atoms with Crippen molar-refractivity contribution in [3.8, 4) is 11.1 Å². The first kappa shape index (κ1) is 27.7. The van der Waals surface area contributed by atoms with Crippen molar-refractivity contribution in [2.75, 3.05) is 6.61 Å². The van der Waals surface area contributed by atoms with Gasteiger partial charge >= 0.3 is 0 Å². The second kappa shape index (κ2) is 11.3. The van der Waals surface area contributed by atoms with Crippen LogP contribution in [0.1, 0.15) is 79.4 Å². The zero-order valence-corrected chi connectivity index (χ0v) is 21.3. The summed E-state index contributed by atoms with van der Waals surface area (Å²) in [6.07, 6.45) is 0.429. The zero-order valence-electron chi connectivity index (χ0n) is 21.3. The lowest BCUT2D eigenvalue weighted by molar-refractivity contribution is 0.0116. The van der Waals surface area contributed by atoms with Gasteiger partial charge in [-0.1, -0.05) is 43.3 Å². The van der Waals surface area contributed by atoms with Gasteiger partial charge in [0.2, 0.25) is 0 Å². The van der Waals surface area contributed by atoms with Crippen LogP contribution in [0.4, 0.5) is 26.3 Å². The molecule has 0 radical (unpaired) electrons. The maximum Gasteiger partial charge on any atom is 0.167 e. The van der Waals surface area contributed by atoms with Gasteiger partial charge in [0.1, 0.15) is 6.10 Å². The molecule has 1 heterocycles. The lowest BCUT2D eigenvalue weighted by atomic mass is 9.82. The number of epoxide rings is 1. The number of hydrogen-bond donors (Lipinski definition) is 1.